The smallest absolute Gasteiger partial charge is 0.226 e. The van der Waals surface area contributed by atoms with Crippen LogP contribution in [0.1, 0.15) is 44.9 Å². The van der Waals surface area contributed by atoms with Gasteiger partial charge in [0.05, 0.1) is 5.41 Å². The number of carbonyl (C=O) groups is 1. The molecule has 104 valence electrons. The Kier molecular flexibility index (Phi) is 5.01. The van der Waals surface area contributed by atoms with Crippen molar-refractivity contribution in [2.24, 2.45) is 5.41 Å². The summed E-state index contributed by atoms with van der Waals surface area (Å²) in [6.07, 6.45) is 7.44. The minimum Gasteiger partial charge on any atom is -0.385 e. The zero-order valence-corrected chi connectivity index (χ0v) is 11.5. The van der Waals surface area contributed by atoms with E-state index in [2.05, 4.69) is 10.6 Å². The van der Waals surface area contributed by atoms with Crippen molar-refractivity contribution in [3.05, 3.63) is 0 Å². The summed E-state index contributed by atoms with van der Waals surface area (Å²) in [5.41, 5.74) is -0.138. The topological polar surface area (TPSA) is 50.4 Å². The lowest BCUT2D eigenvalue weighted by atomic mass is 9.81. The number of carbonyl (C=O) groups excluding carboxylic acids is 1. The summed E-state index contributed by atoms with van der Waals surface area (Å²) in [5.74, 6) is 0.281. The van der Waals surface area contributed by atoms with Gasteiger partial charge in [-0.25, -0.2) is 0 Å². The highest BCUT2D eigenvalue weighted by Crippen LogP contribution is 2.41. The van der Waals surface area contributed by atoms with Crippen molar-refractivity contribution in [2.45, 2.75) is 51.0 Å². The second-order valence-corrected chi connectivity index (χ2v) is 5.73. The number of amides is 1. The Bertz CT molecular complexity index is 269. The number of piperidine rings is 1. The summed E-state index contributed by atoms with van der Waals surface area (Å²) in [5, 5.41) is 6.61. The first-order chi connectivity index (χ1) is 8.77. The maximum Gasteiger partial charge on any atom is 0.226 e. The van der Waals surface area contributed by atoms with Gasteiger partial charge in [0.1, 0.15) is 0 Å². The van der Waals surface area contributed by atoms with Crippen molar-refractivity contribution in [3.8, 4) is 0 Å². The molecule has 2 N–H and O–H groups in total. The molecule has 18 heavy (non-hydrogen) atoms. The molecule has 4 nitrogen and oxygen atoms in total. The summed E-state index contributed by atoms with van der Waals surface area (Å²) in [7, 11) is 1.72. The first-order valence-corrected chi connectivity index (χ1v) is 7.27. The Morgan fingerprint density at radius 2 is 2.00 bits per heavy atom. The van der Waals surface area contributed by atoms with Crippen LogP contribution in [0.3, 0.4) is 0 Å². The monoisotopic (exact) mass is 254 g/mol. The molecular formula is C14H26N2O2. The van der Waals surface area contributed by atoms with Crippen LogP contribution in [0.5, 0.6) is 0 Å². The van der Waals surface area contributed by atoms with Gasteiger partial charge in [0.2, 0.25) is 5.91 Å². The lowest BCUT2D eigenvalue weighted by molar-refractivity contribution is -0.132. The molecule has 0 aromatic heterocycles. The van der Waals surface area contributed by atoms with Gasteiger partial charge in [-0.2, -0.15) is 0 Å². The third kappa shape index (κ3) is 3.23. The molecule has 0 bridgehead atoms. The number of rotatable bonds is 5. The molecule has 2 fully saturated rings. The molecule has 0 atom stereocenters. The molecule has 4 heteroatoms. The SMILES string of the molecule is COCCC1(C(=O)NC2CCNCC2)CCCC1. The molecule has 1 aliphatic carbocycles. The fraction of sp³-hybridized carbons (Fsp3) is 0.929. The van der Waals surface area contributed by atoms with Crippen LogP contribution >= 0.6 is 0 Å². The minimum absolute atomic E-state index is 0.138. The summed E-state index contributed by atoms with van der Waals surface area (Å²) in [6, 6.07) is 0.374. The maximum absolute atomic E-state index is 12.6. The second kappa shape index (κ2) is 6.53. The van der Waals surface area contributed by atoms with Crippen LogP contribution in [-0.2, 0) is 9.53 Å². The van der Waals surface area contributed by atoms with Crippen LogP contribution in [0.2, 0.25) is 0 Å². The molecule has 1 heterocycles. The summed E-state index contributed by atoms with van der Waals surface area (Å²) >= 11 is 0. The number of hydrogen-bond donors (Lipinski definition) is 2. The average Bonchev–Trinajstić information content (AvgIpc) is 2.87. The van der Waals surface area contributed by atoms with Gasteiger partial charge in [-0.05, 0) is 45.2 Å². The molecule has 1 amide bonds. The van der Waals surface area contributed by atoms with E-state index in [1.807, 2.05) is 0 Å². The van der Waals surface area contributed by atoms with Gasteiger partial charge < -0.3 is 15.4 Å². The number of nitrogens with one attached hydrogen (secondary N) is 2. The van der Waals surface area contributed by atoms with E-state index < -0.39 is 0 Å². The lowest BCUT2D eigenvalue weighted by Gasteiger charge is -2.31. The highest BCUT2D eigenvalue weighted by atomic mass is 16.5. The van der Waals surface area contributed by atoms with Crippen molar-refractivity contribution in [3.63, 3.8) is 0 Å². The van der Waals surface area contributed by atoms with Crippen molar-refractivity contribution in [1.29, 1.82) is 0 Å². The molecule has 1 aliphatic heterocycles. The van der Waals surface area contributed by atoms with Gasteiger partial charge in [0, 0.05) is 19.8 Å². The van der Waals surface area contributed by atoms with E-state index in [9.17, 15) is 4.79 Å². The van der Waals surface area contributed by atoms with Crippen LogP contribution in [-0.4, -0.2) is 38.8 Å². The van der Waals surface area contributed by atoms with E-state index in [-0.39, 0.29) is 11.3 Å². The summed E-state index contributed by atoms with van der Waals surface area (Å²) in [6.45, 7) is 2.74. The molecule has 0 aromatic carbocycles. The van der Waals surface area contributed by atoms with E-state index in [0.29, 0.717) is 12.6 Å². The highest BCUT2D eigenvalue weighted by Gasteiger charge is 2.41. The Morgan fingerprint density at radius 3 is 2.61 bits per heavy atom. The Balaban J connectivity index is 1.90. The third-order valence-electron chi connectivity index (χ3n) is 4.50. The normalized spacial score (nSPS) is 24.1. The molecule has 0 aromatic rings. The molecule has 0 unspecified atom stereocenters. The Hall–Kier alpha value is -0.610. The molecule has 0 radical (unpaired) electrons. The van der Waals surface area contributed by atoms with Gasteiger partial charge in [-0.3, -0.25) is 4.79 Å². The van der Waals surface area contributed by atoms with Crippen LogP contribution in [0.4, 0.5) is 0 Å². The molecular weight excluding hydrogens is 228 g/mol. The Morgan fingerprint density at radius 1 is 1.33 bits per heavy atom. The number of hydrogen-bond acceptors (Lipinski definition) is 3. The quantitative estimate of drug-likeness (QED) is 0.781. The van der Waals surface area contributed by atoms with Gasteiger partial charge in [0.25, 0.3) is 0 Å². The fourth-order valence-electron chi connectivity index (χ4n) is 3.24. The number of ether oxygens (including phenoxy) is 1. The summed E-state index contributed by atoms with van der Waals surface area (Å²) in [4.78, 5) is 12.6. The molecule has 0 spiro atoms. The van der Waals surface area contributed by atoms with E-state index in [1.165, 1.54) is 12.8 Å². The molecule has 2 aliphatic rings. The van der Waals surface area contributed by atoms with Crippen LogP contribution < -0.4 is 10.6 Å². The van der Waals surface area contributed by atoms with E-state index >= 15 is 0 Å². The minimum atomic E-state index is -0.138. The lowest BCUT2D eigenvalue weighted by Crippen LogP contribution is -2.48. The fourth-order valence-corrected chi connectivity index (χ4v) is 3.24. The van der Waals surface area contributed by atoms with E-state index in [1.54, 1.807) is 7.11 Å². The van der Waals surface area contributed by atoms with Gasteiger partial charge in [-0.15, -0.1) is 0 Å². The Labute approximate surface area is 110 Å². The predicted octanol–water partition coefficient (Wildman–Crippen LogP) is 1.45. The summed E-state index contributed by atoms with van der Waals surface area (Å²) < 4.78 is 5.18. The van der Waals surface area contributed by atoms with Crippen LogP contribution in [0.15, 0.2) is 0 Å². The van der Waals surface area contributed by atoms with Gasteiger partial charge in [0.15, 0.2) is 0 Å². The van der Waals surface area contributed by atoms with Crippen molar-refractivity contribution in [2.75, 3.05) is 26.8 Å². The zero-order valence-electron chi connectivity index (χ0n) is 11.5. The number of methoxy groups -OCH3 is 1. The second-order valence-electron chi connectivity index (χ2n) is 5.73. The average molecular weight is 254 g/mol. The molecule has 1 saturated carbocycles. The first-order valence-electron chi connectivity index (χ1n) is 7.27. The predicted molar refractivity (Wildman–Crippen MR) is 71.4 cm³/mol. The van der Waals surface area contributed by atoms with Crippen molar-refractivity contribution in [1.82, 2.24) is 10.6 Å². The largest absolute Gasteiger partial charge is 0.385 e. The van der Waals surface area contributed by atoms with Crippen molar-refractivity contribution >= 4 is 5.91 Å². The van der Waals surface area contributed by atoms with Crippen molar-refractivity contribution < 1.29 is 9.53 Å². The van der Waals surface area contributed by atoms with Gasteiger partial charge >= 0.3 is 0 Å². The standard InChI is InChI=1S/C14H26N2O2/c1-18-11-8-14(6-2-3-7-14)13(17)16-12-4-9-15-10-5-12/h12,15H,2-11H2,1H3,(H,16,17). The first kappa shape index (κ1) is 13.8. The van der Waals surface area contributed by atoms with E-state index in [4.69, 9.17) is 4.74 Å². The molecule has 1 saturated heterocycles. The zero-order chi connectivity index (χ0) is 12.8. The third-order valence-corrected chi connectivity index (χ3v) is 4.50. The maximum atomic E-state index is 12.6. The van der Waals surface area contributed by atoms with Crippen LogP contribution in [0.25, 0.3) is 0 Å². The highest BCUT2D eigenvalue weighted by molar-refractivity contribution is 5.83. The van der Waals surface area contributed by atoms with Crippen LogP contribution in [0, 0.1) is 5.41 Å². The van der Waals surface area contributed by atoms with Gasteiger partial charge in [-0.1, -0.05) is 12.8 Å². The molecule has 2 rings (SSSR count). The van der Waals surface area contributed by atoms with E-state index in [0.717, 1.165) is 45.2 Å².